The molecule has 0 atom stereocenters. The summed E-state index contributed by atoms with van der Waals surface area (Å²) in [5, 5.41) is 4.00. The van der Waals surface area contributed by atoms with E-state index in [-0.39, 0.29) is 6.10 Å². The molecule has 2 aromatic heterocycles. The van der Waals surface area contributed by atoms with E-state index in [4.69, 9.17) is 9.26 Å². The normalized spacial score (nSPS) is 17.0. The molecule has 0 spiro atoms. The summed E-state index contributed by atoms with van der Waals surface area (Å²) in [7, 11) is 0. The summed E-state index contributed by atoms with van der Waals surface area (Å²) in [6.45, 7) is 4.74. The Labute approximate surface area is 124 Å². The Balaban J connectivity index is 1.46. The van der Waals surface area contributed by atoms with Crippen LogP contribution in [0.25, 0.3) is 0 Å². The van der Waals surface area contributed by atoms with Crippen LogP contribution in [-0.2, 0) is 13.0 Å². The Hall–Kier alpha value is -1.95. The van der Waals surface area contributed by atoms with Gasteiger partial charge in [-0.3, -0.25) is 9.88 Å². The van der Waals surface area contributed by atoms with Gasteiger partial charge in [0.05, 0.1) is 12.7 Å². The fraction of sp³-hybridized carbons (Fsp3) is 0.533. The van der Waals surface area contributed by atoms with Crippen LogP contribution in [0.5, 0.6) is 5.75 Å². The lowest BCUT2D eigenvalue weighted by atomic mass is 10.1. The average Bonchev–Trinajstić information content (AvgIpc) is 2.98. The van der Waals surface area contributed by atoms with Crippen LogP contribution in [0.1, 0.15) is 31.5 Å². The lowest BCUT2D eigenvalue weighted by molar-refractivity contribution is 0.0946. The molecule has 21 heavy (non-hydrogen) atoms. The molecule has 2 aromatic rings. The lowest BCUT2D eigenvalue weighted by Gasteiger charge is -2.31. The van der Waals surface area contributed by atoms with Crippen molar-refractivity contribution < 1.29 is 9.26 Å². The van der Waals surface area contributed by atoms with Crippen LogP contribution in [0.4, 0.5) is 0 Å². The van der Waals surface area contributed by atoms with E-state index in [9.17, 15) is 0 Å². The van der Waals surface area contributed by atoms with Crippen LogP contribution in [0, 0.1) is 0 Å². The summed E-state index contributed by atoms with van der Waals surface area (Å²) in [5.41, 5.74) is 0. The van der Waals surface area contributed by atoms with Crippen molar-refractivity contribution in [2.24, 2.45) is 0 Å². The molecule has 0 aromatic carbocycles. The third kappa shape index (κ3) is 3.78. The van der Waals surface area contributed by atoms with Crippen molar-refractivity contribution in [2.75, 3.05) is 13.1 Å². The number of aromatic nitrogens is 3. The van der Waals surface area contributed by atoms with E-state index in [0.29, 0.717) is 5.89 Å². The predicted octanol–water partition coefficient (Wildman–Crippen LogP) is 2.07. The van der Waals surface area contributed by atoms with Crippen molar-refractivity contribution in [3.63, 3.8) is 0 Å². The molecule has 0 radical (unpaired) electrons. The van der Waals surface area contributed by atoms with Crippen molar-refractivity contribution in [1.82, 2.24) is 20.0 Å². The molecule has 112 valence electrons. The third-order valence-corrected chi connectivity index (χ3v) is 3.65. The number of pyridine rings is 1. The number of aryl methyl sites for hydroxylation is 1. The van der Waals surface area contributed by atoms with Gasteiger partial charge in [-0.05, 0) is 25.0 Å². The maximum atomic E-state index is 5.94. The second kappa shape index (κ2) is 6.67. The molecule has 0 aliphatic carbocycles. The molecule has 0 unspecified atom stereocenters. The van der Waals surface area contributed by atoms with Crippen molar-refractivity contribution in [3.05, 3.63) is 36.2 Å². The van der Waals surface area contributed by atoms with Gasteiger partial charge in [-0.25, -0.2) is 0 Å². The fourth-order valence-corrected chi connectivity index (χ4v) is 2.49. The van der Waals surface area contributed by atoms with Gasteiger partial charge in [0.1, 0.15) is 11.9 Å². The number of ether oxygens (including phenoxy) is 1. The van der Waals surface area contributed by atoms with Gasteiger partial charge in [-0.15, -0.1) is 0 Å². The molecule has 1 aliphatic rings. The minimum absolute atomic E-state index is 0.266. The largest absolute Gasteiger partial charge is 0.489 e. The predicted molar refractivity (Wildman–Crippen MR) is 76.8 cm³/mol. The Morgan fingerprint density at radius 1 is 1.38 bits per heavy atom. The standard InChI is InChI=1S/C15H20N4O2/c1-2-15-17-14(18-21-15)11-19-8-5-12(6-9-19)20-13-4-3-7-16-10-13/h3-4,7,10,12H,2,5-6,8-9,11H2,1H3. The molecule has 0 N–H and O–H groups in total. The zero-order valence-electron chi connectivity index (χ0n) is 12.2. The molecular weight excluding hydrogens is 268 g/mol. The third-order valence-electron chi connectivity index (χ3n) is 3.65. The second-order valence-corrected chi connectivity index (χ2v) is 5.24. The van der Waals surface area contributed by atoms with Crippen LogP contribution < -0.4 is 4.74 Å². The van der Waals surface area contributed by atoms with E-state index in [0.717, 1.165) is 50.5 Å². The van der Waals surface area contributed by atoms with Crippen molar-refractivity contribution in [1.29, 1.82) is 0 Å². The highest BCUT2D eigenvalue weighted by Crippen LogP contribution is 2.18. The van der Waals surface area contributed by atoms with E-state index < -0.39 is 0 Å². The van der Waals surface area contributed by atoms with E-state index in [1.54, 1.807) is 12.4 Å². The molecule has 3 heterocycles. The van der Waals surface area contributed by atoms with Crippen molar-refractivity contribution >= 4 is 0 Å². The number of nitrogens with zero attached hydrogens (tertiary/aromatic N) is 4. The average molecular weight is 288 g/mol. The SMILES string of the molecule is CCc1nc(CN2CCC(Oc3cccnc3)CC2)no1. The molecule has 1 fully saturated rings. The molecule has 1 saturated heterocycles. The van der Waals surface area contributed by atoms with Gasteiger partial charge in [0, 0.05) is 25.7 Å². The Kier molecular flexibility index (Phi) is 4.45. The number of piperidine rings is 1. The van der Waals surface area contributed by atoms with E-state index >= 15 is 0 Å². The highest BCUT2D eigenvalue weighted by Gasteiger charge is 2.21. The molecule has 0 saturated carbocycles. The molecule has 6 heteroatoms. The fourth-order valence-electron chi connectivity index (χ4n) is 2.49. The van der Waals surface area contributed by atoms with E-state index in [1.165, 1.54) is 0 Å². The van der Waals surface area contributed by atoms with Crippen LogP contribution in [0.15, 0.2) is 29.0 Å². The molecule has 6 nitrogen and oxygen atoms in total. The minimum atomic E-state index is 0.266. The Bertz CT molecular complexity index is 550. The minimum Gasteiger partial charge on any atom is -0.489 e. The first kappa shape index (κ1) is 14.0. The number of hydrogen-bond donors (Lipinski definition) is 0. The van der Waals surface area contributed by atoms with Crippen LogP contribution >= 0.6 is 0 Å². The highest BCUT2D eigenvalue weighted by atomic mass is 16.5. The quantitative estimate of drug-likeness (QED) is 0.839. The molecule has 0 amide bonds. The number of rotatable bonds is 5. The summed E-state index contributed by atoms with van der Waals surface area (Å²) in [6, 6.07) is 3.84. The Morgan fingerprint density at radius 3 is 2.90 bits per heavy atom. The first-order valence-electron chi connectivity index (χ1n) is 7.44. The zero-order chi connectivity index (χ0) is 14.5. The molecule has 3 rings (SSSR count). The van der Waals surface area contributed by atoms with Crippen LogP contribution in [0.2, 0.25) is 0 Å². The number of likely N-dealkylation sites (tertiary alicyclic amines) is 1. The first-order valence-corrected chi connectivity index (χ1v) is 7.44. The summed E-state index contributed by atoms with van der Waals surface area (Å²) < 4.78 is 11.1. The smallest absolute Gasteiger partial charge is 0.226 e. The second-order valence-electron chi connectivity index (χ2n) is 5.24. The van der Waals surface area contributed by atoms with E-state index in [1.807, 2.05) is 19.1 Å². The van der Waals surface area contributed by atoms with Gasteiger partial charge in [0.25, 0.3) is 0 Å². The molecular formula is C15H20N4O2. The van der Waals surface area contributed by atoms with Gasteiger partial charge in [0.2, 0.25) is 5.89 Å². The van der Waals surface area contributed by atoms with Crippen LogP contribution in [-0.4, -0.2) is 39.2 Å². The van der Waals surface area contributed by atoms with Crippen LogP contribution in [0.3, 0.4) is 0 Å². The van der Waals surface area contributed by atoms with Crippen molar-refractivity contribution in [2.45, 2.75) is 38.8 Å². The van der Waals surface area contributed by atoms with Gasteiger partial charge in [-0.1, -0.05) is 12.1 Å². The summed E-state index contributed by atoms with van der Waals surface area (Å²) >= 11 is 0. The Morgan fingerprint density at radius 2 is 2.24 bits per heavy atom. The first-order chi connectivity index (χ1) is 10.3. The summed E-state index contributed by atoms with van der Waals surface area (Å²) in [6.07, 6.45) is 6.58. The monoisotopic (exact) mass is 288 g/mol. The number of hydrogen-bond acceptors (Lipinski definition) is 6. The molecule has 0 bridgehead atoms. The zero-order valence-corrected chi connectivity index (χ0v) is 12.2. The van der Waals surface area contributed by atoms with Gasteiger partial charge >= 0.3 is 0 Å². The van der Waals surface area contributed by atoms with Gasteiger partial charge in [0.15, 0.2) is 5.82 Å². The maximum absolute atomic E-state index is 5.94. The van der Waals surface area contributed by atoms with Crippen molar-refractivity contribution in [3.8, 4) is 5.75 Å². The topological polar surface area (TPSA) is 64.3 Å². The van der Waals surface area contributed by atoms with Gasteiger partial charge < -0.3 is 9.26 Å². The maximum Gasteiger partial charge on any atom is 0.226 e. The lowest BCUT2D eigenvalue weighted by Crippen LogP contribution is -2.38. The molecule has 1 aliphatic heterocycles. The summed E-state index contributed by atoms with van der Waals surface area (Å²) in [4.78, 5) is 10.8. The summed E-state index contributed by atoms with van der Waals surface area (Å²) in [5.74, 6) is 2.33. The van der Waals surface area contributed by atoms with Gasteiger partial charge in [-0.2, -0.15) is 4.98 Å². The van der Waals surface area contributed by atoms with E-state index in [2.05, 4.69) is 20.0 Å². The highest BCUT2D eigenvalue weighted by molar-refractivity contribution is 5.15.